The van der Waals surface area contributed by atoms with Crippen LogP contribution >= 0.6 is 11.3 Å². The van der Waals surface area contributed by atoms with Crippen molar-refractivity contribution in [2.24, 2.45) is 0 Å². The van der Waals surface area contributed by atoms with Crippen molar-refractivity contribution in [2.75, 3.05) is 13.1 Å². The third-order valence-electron chi connectivity index (χ3n) is 3.24. The van der Waals surface area contributed by atoms with Crippen LogP contribution in [0.2, 0.25) is 0 Å². The van der Waals surface area contributed by atoms with Gasteiger partial charge < -0.3 is 0 Å². The van der Waals surface area contributed by atoms with Crippen molar-refractivity contribution < 1.29 is 0 Å². The lowest BCUT2D eigenvalue weighted by Gasteiger charge is -2.40. The highest BCUT2D eigenvalue weighted by Crippen LogP contribution is 2.31. The number of thiazole rings is 1. The molecule has 1 aliphatic heterocycles. The number of likely N-dealkylation sites (tertiary alicyclic amines) is 1. The number of nitrogens with zero attached hydrogens (tertiary/aromatic N) is 2. The fraction of sp³-hybridized carbons (Fsp3) is 0.750. The Hall–Kier alpha value is -0.410. The molecule has 0 unspecified atom stereocenters. The molecule has 0 saturated carbocycles. The summed E-state index contributed by atoms with van der Waals surface area (Å²) in [6, 6.07) is 0. The zero-order valence-electron chi connectivity index (χ0n) is 9.86. The molecule has 1 aliphatic rings. The van der Waals surface area contributed by atoms with Crippen LogP contribution in [0.5, 0.6) is 0 Å². The minimum Gasteiger partial charge on any atom is -0.298 e. The SMILES string of the molecule is CC(C)(C)N1CCC(c2nccs2)CC1. The average molecular weight is 224 g/mol. The molecule has 1 aromatic rings. The van der Waals surface area contributed by atoms with Crippen molar-refractivity contribution in [2.45, 2.75) is 45.1 Å². The lowest BCUT2D eigenvalue weighted by Crippen LogP contribution is -2.45. The van der Waals surface area contributed by atoms with Gasteiger partial charge >= 0.3 is 0 Å². The number of piperidine rings is 1. The highest BCUT2D eigenvalue weighted by molar-refractivity contribution is 7.09. The number of rotatable bonds is 1. The summed E-state index contributed by atoms with van der Waals surface area (Å²) in [5.74, 6) is 0.712. The van der Waals surface area contributed by atoms with Crippen LogP contribution in [0.15, 0.2) is 11.6 Å². The second-order valence-corrected chi connectivity index (χ2v) is 6.23. The molecule has 0 atom stereocenters. The van der Waals surface area contributed by atoms with Gasteiger partial charge in [0.25, 0.3) is 0 Å². The van der Waals surface area contributed by atoms with Gasteiger partial charge in [-0.2, -0.15) is 0 Å². The molecule has 0 spiro atoms. The lowest BCUT2D eigenvalue weighted by molar-refractivity contribution is 0.102. The van der Waals surface area contributed by atoms with Gasteiger partial charge in [0.2, 0.25) is 0 Å². The molecule has 1 aromatic heterocycles. The lowest BCUT2D eigenvalue weighted by atomic mass is 9.93. The zero-order valence-corrected chi connectivity index (χ0v) is 10.7. The smallest absolute Gasteiger partial charge is 0.0956 e. The van der Waals surface area contributed by atoms with Gasteiger partial charge in [-0.05, 0) is 46.7 Å². The summed E-state index contributed by atoms with van der Waals surface area (Å²) >= 11 is 1.81. The van der Waals surface area contributed by atoms with Crippen molar-refractivity contribution in [1.29, 1.82) is 0 Å². The first kappa shape index (κ1) is 11.1. The molecule has 84 valence electrons. The topological polar surface area (TPSA) is 16.1 Å². The minimum atomic E-state index is 0.327. The van der Waals surface area contributed by atoms with Crippen LogP contribution in [0.25, 0.3) is 0 Å². The molecule has 0 N–H and O–H groups in total. The Morgan fingerprint density at radius 3 is 2.47 bits per heavy atom. The van der Waals surface area contributed by atoms with E-state index in [1.54, 1.807) is 0 Å². The van der Waals surface area contributed by atoms with E-state index in [0.717, 1.165) is 0 Å². The molecule has 0 aliphatic carbocycles. The number of aromatic nitrogens is 1. The molecular formula is C12H20N2S. The van der Waals surface area contributed by atoms with Crippen LogP contribution in [0.3, 0.4) is 0 Å². The van der Waals surface area contributed by atoms with Gasteiger partial charge in [-0.25, -0.2) is 4.98 Å². The van der Waals surface area contributed by atoms with Gasteiger partial charge in [-0.15, -0.1) is 11.3 Å². The fourth-order valence-electron chi connectivity index (χ4n) is 2.23. The molecule has 0 amide bonds. The van der Waals surface area contributed by atoms with Crippen molar-refractivity contribution >= 4 is 11.3 Å². The summed E-state index contributed by atoms with van der Waals surface area (Å²) < 4.78 is 0. The maximum absolute atomic E-state index is 4.43. The van der Waals surface area contributed by atoms with Gasteiger partial charge in [0.1, 0.15) is 0 Å². The summed E-state index contributed by atoms with van der Waals surface area (Å²) in [5.41, 5.74) is 0.327. The molecule has 0 aromatic carbocycles. The van der Waals surface area contributed by atoms with Crippen molar-refractivity contribution in [3.8, 4) is 0 Å². The maximum Gasteiger partial charge on any atom is 0.0956 e. The highest BCUT2D eigenvalue weighted by Gasteiger charge is 2.28. The fourth-order valence-corrected chi connectivity index (χ4v) is 3.04. The Labute approximate surface area is 96.3 Å². The first-order valence-corrected chi connectivity index (χ1v) is 6.60. The quantitative estimate of drug-likeness (QED) is 0.728. The van der Waals surface area contributed by atoms with E-state index in [0.29, 0.717) is 11.5 Å². The van der Waals surface area contributed by atoms with E-state index < -0.39 is 0 Å². The Bertz CT molecular complexity index is 292. The predicted octanol–water partition coefficient (Wildman–Crippen LogP) is 3.12. The van der Waals surface area contributed by atoms with Crippen molar-refractivity contribution in [3.63, 3.8) is 0 Å². The van der Waals surface area contributed by atoms with E-state index in [1.807, 2.05) is 17.5 Å². The van der Waals surface area contributed by atoms with Gasteiger partial charge in [0.05, 0.1) is 5.01 Å². The van der Waals surface area contributed by atoms with Gasteiger partial charge in [0.15, 0.2) is 0 Å². The van der Waals surface area contributed by atoms with Gasteiger partial charge in [-0.1, -0.05) is 0 Å². The largest absolute Gasteiger partial charge is 0.298 e. The molecule has 1 fully saturated rings. The minimum absolute atomic E-state index is 0.327. The molecular weight excluding hydrogens is 204 g/mol. The average Bonchev–Trinajstić information content (AvgIpc) is 2.69. The second kappa shape index (κ2) is 4.22. The van der Waals surface area contributed by atoms with E-state index >= 15 is 0 Å². The molecule has 2 nitrogen and oxygen atoms in total. The van der Waals surface area contributed by atoms with Crippen LogP contribution in [0.1, 0.15) is 44.5 Å². The standard InChI is InChI=1S/C12H20N2S/c1-12(2,3)14-7-4-10(5-8-14)11-13-6-9-15-11/h6,9-10H,4-5,7-8H2,1-3H3. The number of hydrogen-bond acceptors (Lipinski definition) is 3. The molecule has 3 heteroatoms. The monoisotopic (exact) mass is 224 g/mol. The van der Waals surface area contributed by atoms with Gasteiger partial charge in [0, 0.05) is 23.0 Å². The van der Waals surface area contributed by atoms with E-state index in [1.165, 1.54) is 30.9 Å². The third-order valence-corrected chi connectivity index (χ3v) is 4.18. The number of hydrogen-bond donors (Lipinski definition) is 0. The molecule has 0 radical (unpaired) electrons. The Morgan fingerprint density at radius 2 is 2.00 bits per heavy atom. The first-order valence-electron chi connectivity index (χ1n) is 5.72. The predicted molar refractivity (Wildman–Crippen MR) is 65.4 cm³/mol. The van der Waals surface area contributed by atoms with Crippen molar-refractivity contribution in [3.05, 3.63) is 16.6 Å². The van der Waals surface area contributed by atoms with Crippen LogP contribution in [-0.4, -0.2) is 28.5 Å². The zero-order chi connectivity index (χ0) is 10.9. The molecule has 0 bridgehead atoms. The van der Waals surface area contributed by atoms with E-state index in [9.17, 15) is 0 Å². The van der Waals surface area contributed by atoms with Crippen LogP contribution in [0.4, 0.5) is 0 Å². The van der Waals surface area contributed by atoms with Crippen LogP contribution in [0, 0.1) is 0 Å². The summed E-state index contributed by atoms with van der Waals surface area (Å²) in [5, 5.41) is 3.43. The third kappa shape index (κ3) is 2.58. The van der Waals surface area contributed by atoms with Crippen LogP contribution < -0.4 is 0 Å². The molecule has 15 heavy (non-hydrogen) atoms. The first-order chi connectivity index (χ1) is 7.07. The molecule has 2 heterocycles. The van der Waals surface area contributed by atoms with Crippen molar-refractivity contribution in [1.82, 2.24) is 9.88 Å². The Morgan fingerprint density at radius 1 is 1.33 bits per heavy atom. The van der Waals surface area contributed by atoms with E-state index in [4.69, 9.17) is 0 Å². The van der Waals surface area contributed by atoms with E-state index in [-0.39, 0.29) is 0 Å². The second-order valence-electron chi connectivity index (χ2n) is 5.30. The van der Waals surface area contributed by atoms with E-state index in [2.05, 4.69) is 36.0 Å². The summed E-state index contributed by atoms with van der Waals surface area (Å²) in [6.45, 7) is 9.34. The van der Waals surface area contributed by atoms with Gasteiger partial charge in [-0.3, -0.25) is 4.90 Å². The van der Waals surface area contributed by atoms with Crippen LogP contribution in [-0.2, 0) is 0 Å². The summed E-state index contributed by atoms with van der Waals surface area (Å²) in [6.07, 6.45) is 4.46. The Kier molecular flexibility index (Phi) is 3.12. The molecule has 2 rings (SSSR count). The normalized spacial score (nSPS) is 20.7. The maximum atomic E-state index is 4.43. The highest BCUT2D eigenvalue weighted by atomic mass is 32.1. The molecule has 1 saturated heterocycles. The summed E-state index contributed by atoms with van der Waals surface area (Å²) in [7, 11) is 0. The summed E-state index contributed by atoms with van der Waals surface area (Å²) in [4.78, 5) is 7.01. The Balaban J connectivity index is 1.93.